The number of halogens is 1. The van der Waals surface area contributed by atoms with Crippen molar-refractivity contribution in [2.45, 2.75) is 39.2 Å². The third kappa shape index (κ3) is 3.36. The summed E-state index contributed by atoms with van der Waals surface area (Å²) >= 11 is 6.22. The molecule has 6 heteroatoms. The third-order valence-electron chi connectivity index (χ3n) is 5.60. The molecule has 2 aromatic carbocycles. The number of H-pyrrole nitrogens is 1. The Kier molecular flexibility index (Phi) is 5.25. The Balaban J connectivity index is 1.88. The summed E-state index contributed by atoms with van der Waals surface area (Å²) in [7, 11) is -3.34. The number of aryl methyl sites for hydroxylation is 1. The lowest BCUT2D eigenvalue weighted by Crippen LogP contribution is -2.41. The van der Waals surface area contributed by atoms with E-state index in [2.05, 4.69) is 36.2 Å². The van der Waals surface area contributed by atoms with E-state index in [1.165, 1.54) is 11.1 Å². The van der Waals surface area contributed by atoms with Crippen LogP contribution in [-0.2, 0) is 22.9 Å². The highest BCUT2D eigenvalue weighted by atomic mass is 35.5. The first-order valence-corrected chi connectivity index (χ1v) is 11.8. The molecule has 0 spiro atoms. The van der Waals surface area contributed by atoms with E-state index in [0.717, 1.165) is 35.0 Å². The van der Waals surface area contributed by atoms with Crippen molar-refractivity contribution in [2.24, 2.45) is 0 Å². The van der Waals surface area contributed by atoms with Crippen LogP contribution in [0.4, 0.5) is 0 Å². The number of nitrogens with one attached hydrogen (secondary N) is 1. The van der Waals surface area contributed by atoms with Crippen molar-refractivity contribution in [3.05, 3.63) is 69.9 Å². The molecule has 1 N–H and O–H groups in total. The minimum Gasteiger partial charge on any atom is -0.357 e. The number of aromatic amines is 1. The van der Waals surface area contributed by atoms with E-state index in [-0.39, 0.29) is 11.8 Å². The van der Waals surface area contributed by atoms with E-state index in [1.807, 2.05) is 18.2 Å². The minimum atomic E-state index is -3.34. The van der Waals surface area contributed by atoms with Gasteiger partial charge in [-0.15, -0.1) is 0 Å². The lowest BCUT2D eigenvalue weighted by Gasteiger charge is -2.35. The molecule has 2 heterocycles. The van der Waals surface area contributed by atoms with E-state index >= 15 is 0 Å². The molecule has 0 aliphatic carbocycles. The summed E-state index contributed by atoms with van der Waals surface area (Å²) in [4.78, 5) is 3.49. The highest BCUT2D eigenvalue weighted by molar-refractivity contribution is 7.89. The zero-order chi connectivity index (χ0) is 19.9. The van der Waals surface area contributed by atoms with Gasteiger partial charge in [0.15, 0.2) is 0 Å². The fraction of sp³-hybridized carbons (Fsp3) is 0.364. The summed E-state index contributed by atoms with van der Waals surface area (Å²) in [6, 6.07) is 13.8. The molecule has 1 atom stereocenters. The molecular formula is C22H25ClN2O2S. The van der Waals surface area contributed by atoms with Gasteiger partial charge in [-0.25, -0.2) is 8.42 Å². The van der Waals surface area contributed by atoms with Gasteiger partial charge < -0.3 is 4.98 Å². The summed E-state index contributed by atoms with van der Waals surface area (Å²) in [6.45, 7) is 4.34. The maximum atomic E-state index is 12.9. The molecule has 4 nitrogen and oxygen atoms in total. The first-order chi connectivity index (χ1) is 13.4. The van der Waals surface area contributed by atoms with Crippen molar-refractivity contribution in [1.29, 1.82) is 0 Å². The van der Waals surface area contributed by atoms with Crippen LogP contribution in [0, 0.1) is 0 Å². The second-order valence-electron chi connectivity index (χ2n) is 7.36. The molecule has 1 unspecified atom stereocenters. The van der Waals surface area contributed by atoms with Gasteiger partial charge in [-0.2, -0.15) is 4.31 Å². The topological polar surface area (TPSA) is 53.2 Å². The Bertz CT molecular complexity index is 1100. The Hall–Kier alpha value is -1.82. The molecule has 0 saturated carbocycles. The summed E-state index contributed by atoms with van der Waals surface area (Å²) in [5.74, 6) is 0.0960. The van der Waals surface area contributed by atoms with Crippen molar-refractivity contribution in [1.82, 2.24) is 9.29 Å². The van der Waals surface area contributed by atoms with Gasteiger partial charge in [-0.3, -0.25) is 0 Å². The predicted molar refractivity (Wildman–Crippen MR) is 115 cm³/mol. The van der Waals surface area contributed by atoms with Gasteiger partial charge in [0, 0.05) is 28.2 Å². The molecule has 148 valence electrons. The van der Waals surface area contributed by atoms with E-state index in [9.17, 15) is 8.42 Å². The third-order valence-corrected chi connectivity index (χ3v) is 7.67. The molecule has 28 heavy (non-hydrogen) atoms. The maximum Gasteiger partial charge on any atom is 0.214 e. The van der Waals surface area contributed by atoms with Crippen molar-refractivity contribution < 1.29 is 8.42 Å². The van der Waals surface area contributed by atoms with Crippen LogP contribution < -0.4 is 0 Å². The maximum absolute atomic E-state index is 12.9. The molecule has 1 aromatic heterocycles. The summed E-state index contributed by atoms with van der Waals surface area (Å²) in [5.41, 5.74) is 5.40. The normalized spacial score (nSPS) is 17.8. The molecule has 4 rings (SSSR count). The standard InChI is InChI=1S/C22H25ClN2O2S/c1-3-5-15-6-8-16(9-7-15)22-21-18(12-13-25(22)28(26,27)4-2)19-14-17(23)10-11-20(19)24-21/h6-11,14,22,24H,3-5,12-13H2,1-2H3. The van der Waals surface area contributed by atoms with Gasteiger partial charge in [-0.1, -0.05) is 49.2 Å². The fourth-order valence-corrected chi connectivity index (χ4v) is 5.61. The van der Waals surface area contributed by atoms with Crippen LogP contribution in [-0.4, -0.2) is 30.0 Å². The molecule has 0 amide bonds. The first kappa shape index (κ1) is 19.5. The van der Waals surface area contributed by atoms with Crippen molar-refractivity contribution >= 4 is 32.5 Å². The Labute approximate surface area is 171 Å². The Morgan fingerprint density at radius 3 is 2.57 bits per heavy atom. The number of fused-ring (bicyclic) bond motifs is 3. The zero-order valence-electron chi connectivity index (χ0n) is 16.2. The molecule has 0 radical (unpaired) electrons. The van der Waals surface area contributed by atoms with Gasteiger partial charge in [0.25, 0.3) is 0 Å². The Morgan fingerprint density at radius 1 is 1.14 bits per heavy atom. The van der Waals surface area contributed by atoms with Crippen LogP contribution in [0.15, 0.2) is 42.5 Å². The molecule has 0 saturated heterocycles. The van der Waals surface area contributed by atoms with Gasteiger partial charge in [0.2, 0.25) is 10.0 Å². The van der Waals surface area contributed by atoms with Gasteiger partial charge in [-0.05, 0) is 54.7 Å². The van der Waals surface area contributed by atoms with Gasteiger partial charge in [0.1, 0.15) is 0 Å². The highest BCUT2D eigenvalue weighted by Gasteiger charge is 2.37. The van der Waals surface area contributed by atoms with Crippen LogP contribution in [0.2, 0.25) is 5.02 Å². The number of hydrogen-bond donors (Lipinski definition) is 1. The number of nitrogens with zero attached hydrogens (tertiary/aromatic N) is 1. The van der Waals surface area contributed by atoms with Crippen LogP contribution in [0.1, 0.15) is 48.7 Å². The second kappa shape index (κ2) is 7.54. The molecular weight excluding hydrogens is 392 g/mol. The number of sulfonamides is 1. The number of rotatable bonds is 5. The Morgan fingerprint density at radius 2 is 1.89 bits per heavy atom. The molecule has 0 fully saturated rings. The van der Waals surface area contributed by atoms with E-state index in [4.69, 9.17) is 11.6 Å². The SMILES string of the molecule is CCCc1ccc(C2c3[nH]c4ccc(Cl)cc4c3CCN2S(=O)(=O)CC)cc1. The zero-order valence-corrected chi connectivity index (χ0v) is 17.8. The van der Waals surface area contributed by atoms with Gasteiger partial charge >= 0.3 is 0 Å². The molecule has 1 aliphatic heterocycles. The van der Waals surface area contributed by atoms with Crippen molar-refractivity contribution in [3.8, 4) is 0 Å². The van der Waals surface area contributed by atoms with E-state index in [1.54, 1.807) is 11.2 Å². The monoisotopic (exact) mass is 416 g/mol. The smallest absolute Gasteiger partial charge is 0.214 e. The summed E-state index contributed by atoms with van der Waals surface area (Å²) < 4.78 is 27.4. The summed E-state index contributed by atoms with van der Waals surface area (Å²) in [6.07, 6.45) is 2.80. The molecule has 0 bridgehead atoms. The largest absolute Gasteiger partial charge is 0.357 e. The first-order valence-electron chi connectivity index (χ1n) is 9.83. The lowest BCUT2D eigenvalue weighted by molar-refractivity contribution is 0.341. The van der Waals surface area contributed by atoms with E-state index in [0.29, 0.717) is 18.0 Å². The van der Waals surface area contributed by atoms with Crippen LogP contribution in [0.5, 0.6) is 0 Å². The van der Waals surface area contributed by atoms with E-state index < -0.39 is 10.0 Å². The van der Waals surface area contributed by atoms with Gasteiger partial charge in [0.05, 0.1) is 11.8 Å². The van der Waals surface area contributed by atoms with Crippen LogP contribution >= 0.6 is 11.6 Å². The average Bonchev–Trinajstić information content (AvgIpc) is 3.06. The fourth-order valence-electron chi connectivity index (χ4n) is 4.19. The quantitative estimate of drug-likeness (QED) is 0.631. The number of benzene rings is 2. The minimum absolute atomic E-state index is 0.0960. The van der Waals surface area contributed by atoms with Crippen LogP contribution in [0.3, 0.4) is 0 Å². The summed E-state index contributed by atoms with van der Waals surface area (Å²) in [5, 5.41) is 1.78. The second-order valence-corrected chi connectivity index (χ2v) is 10.0. The highest BCUT2D eigenvalue weighted by Crippen LogP contribution is 2.40. The van der Waals surface area contributed by atoms with Crippen molar-refractivity contribution in [3.63, 3.8) is 0 Å². The van der Waals surface area contributed by atoms with Crippen LogP contribution in [0.25, 0.3) is 10.9 Å². The number of aromatic nitrogens is 1. The molecule has 1 aliphatic rings. The number of hydrogen-bond acceptors (Lipinski definition) is 2. The van der Waals surface area contributed by atoms with Crippen molar-refractivity contribution in [2.75, 3.05) is 12.3 Å². The average molecular weight is 417 g/mol. The molecule has 3 aromatic rings. The predicted octanol–water partition coefficient (Wildman–Crippen LogP) is 5.07. The lowest BCUT2D eigenvalue weighted by atomic mass is 9.93.